The van der Waals surface area contributed by atoms with Gasteiger partial charge in [0.15, 0.2) is 0 Å². The molecule has 0 heterocycles. The first-order chi connectivity index (χ1) is 8.36. The first kappa shape index (κ1) is 16.9. The van der Waals surface area contributed by atoms with Gasteiger partial charge in [0.25, 0.3) is 0 Å². The minimum absolute atomic E-state index is 0.0778. The van der Waals surface area contributed by atoms with Crippen molar-refractivity contribution in [1.82, 2.24) is 5.32 Å². The third kappa shape index (κ3) is 5.49. The van der Waals surface area contributed by atoms with Gasteiger partial charge in [-0.1, -0.05) is 0 Å². The Bertz CT molecular complexity index is 276. The van der Waals surface area contributed by atoms with Crippen molar-refractivity contribution < 1.29 is 19.1 Å². The number of rotatable bonds is 8. The zero-order chi connectivity index (χ0) is 14.2. The predicted octanol–water partition coefficient (Wildman–Crippen LogP) is 1.51. The van der Waals surface area contributed by atoms with Crippen molar-refractivity contribution in [2.24, 2.45) is 5.41 Å². The first-order valence-corrected chi connectivity index (χ1v) is 6.42. The summed E-state index contributed by atoms with van der Waals surface area (Å²) < 4.78 is 9.85. The highest BCUT2D eigenvalue weighted by Crippen LogP contribution is 2.22. The van der Waals surface area contributed by atoms with E-state index in [1.165, 1.54) is 0 Å². The van der Waals surface area contributed by atoms with Crippen LogP contribution in [0.15, 0.2) is 0 Å². The molecule has 0 rings (SSSR count). The van der Waals surface area contributed by atoms with E-state index in [1.807, 2.05) is 20.8 Å². The summed E-state index contributed by atoms with van der Waals surface area (Å²) in [7, 11) is 0. The molecule has 0 spiro atoms. The van der Waals surface area contributed by atoms with Gasteiger partial charge in [-0.2, -0.15) is 0 Å². The van der Waals surface area contributed by atoms with Crippen LogP contribution in [0, 0.1) is 5.41 Å². The first-order valence-electron chi connectivity index (χ1n) is 6.42. The van der Waals surface area contributed by atoms with Gasteiger partial charge in [-0.05, 0) is 34.6 Å². The molecule has 0 aliphatic carbocycles. The van der Waals surface area contributed by atoms with Gasteiger partial charge < -0.3 is 14.8 Å². The van der Waals surface area contributed by atoms with Gasteiger partial charge >= 0.3 is 11.9 Å². The fraction of sp³-hybridized carbons (Fsp3) is 0.846. The van der Waals surface area contributed by atoms with Crippen LogP contribution in [0.1, 0.15) is 41.0 Å². The molecule has 0 saturated carbocycles. The average Bonchev–Trinajstić information content (AvgIpc) is 2.29. The SMILES string of the molecule is CCOC(=O)CCNC(C)C(C)(C)C(=O)OCC. The van der Waals surface area contributed by atoms with Crippen molar-refractivity contribution in [3.05, 3.63) is 0 Å². The van der Waals surface area contributed by atoms with Crippen LogP contribution in [0.25, 0.3) is 0 Å². The number of hydrogen-bond donors (Lipinski definition) is 1. The van der Waals surface area contributed by atoms with Crippen molar-refractivity contribution in [2.75, 3.05) is 19.8 Å². The van der Waals surface area contributed by atoms with Crippen molar-refractivity contribution in [1.29, 1.82) is 0 Å². The number of hydrogen-bond acceptors (Lipinski definition) is 5. The normalized spacial score (nSPS) is 12.9. The molecule has 0 fully saturated rings. The van der Waals surface area contributed by atoms with Gasteiger partial charge in [-0.25, -0.2) is 0 Å². The van der Waals surface area contributed by atoms with E-state index in [1.54, 1.807) is 13.8 Å². The summed E-state index contributed by atoms with van der Waals surface area (Å²) in [6.07, 6.45) is 0.303. The van der Waals surface area contributed by atoms with Crippen LogP contribution in [-0.2, 0) is 19.1 Å². The highest BCUT2D eigenvalue weighted by Gasteiger charge is 2.35. The number of nitrogens with one attached hydrogen (secondary N) is 1. The van der Waals surface area contributed by atoms with E-state index in [2.05, 4.69) is 5.32 Å². The second-order valence-electron chi connectivity index (χ2n) is 4.67. The molecule has 0 aliphatic rings. The molecule has 0 aliphatic heterocycles. The van der Waals surface area contributed by atoms with Crippen LogP contribution in [0.4, 0.5) is 0 Å². The summed E-state index contributed by atoms with van der Waals surface area (Å²) in [5.74, 6) is -0.465. The zero-order valence-electron chi connectivity index (χ0n) is 12.0. The summed E-state index contributed by atoms with van der Waals surface area (Å²) >= 11 is 0. The quantitative estimate of drug-likeness (QED) is 0.669. The molecule has 0 aromatic heterocycles. The fourth-order valence-electron chi connectivity index (χ4n) is 1.37. The lowest BCUT2D eigenvalue weighted by Gasteiger charge is -2.30. The van der Waals surface area contributed by atoms with Gasteiger partial charge in [-0.15, -0.1) is 0 Å². The van der Waals surface area contributed by atoms with E-state index in [-0.39, 0.29) is 18.0 Å². The van der Waals surface area contributed by atoms with E-state index in [9.17, 15) is 9.59 Å². The Morgan fingerprint density at radius 3 is 2.22 bits per heavy atom. The Kier molecular flexibility index (Phi) is 7.59. The lowest BCUT2D eigenvalue weighted by Crippen LogP contribution is -2.46. The molecule has 0 saturated heterocycles. The highest BCUT2D eigenvalue weighted by molar-refractivity contribution is 5.76. The standard InChI is InChI=1S/C13H25NO4/c1-6-17-11(15)8-9-14-10(3)13(4,5)12(16)18-7-2/h10,14H,6-9H2,1-5H3. The molecule has 5 nitrogen and oxygen atoms in total. The monoisotopic (exact) mass is 259 g/mol. The molecule has 5 heteroatoms. The van der Waals surface area contributed by atoms with Gasteiger partial charge in [0, 0.05) is 12.6 Å². The molecule has 1 unspecified atom stereocenters. The molecule has 0 bridgehead atoms. The van der Waals surface area contributed by atoms with E-state index in [0.717, 1.165) is 0 Å². The Morgan fingerprint density at radius 1 is 1.17 bits per heavy atom. The average molecular weight is 259 g/mol. The Morgan fingerprint density at radius 2 is 1.72 bits per heavy atom. The van der Waals surface area contributed by atoms with Crippen LogP contribution < -0.4 is 5.32 Å². The van der Waals surface area contributed by atoms with Crippen LogP contribution in [-0.4, -0.2) is 37.7 Å². The number of carbonyl (C=O) groups is 2. The molecule has 18 heavy (non-hydrogen) atoms. The smallest absolute Gasteiger partial charge is 0.313 e. The third-order valence-corrected chi connectivity index (χ3v) is 2.97. The number of esters is 2. The lowest BCUT2D eigenvalue weighted by atomic mass is 9.85. The molecular formula is C13H25NO4. The van der Waals surface area contributed by atoms with Crippen molar-refractivity contribution >= 4 is 11.9 Å². The van der Waals surface area contributed by atoms with E-state index < -0.39 is 5.41 Å². The lowest BCUT2D eigenvalue weighted by molar-refractivity contribution is -0.154. The zero-order valence-corrected chi connectivity index (χ0v) is 12.0. The molecule has 0 aromatic rings. The molecule has 106 valence electrons. The molecule has 0 aromatic carbocycles. The van der Waals surface area contributed by atoms with E-state index in [4.69, 9.17) is 9.47 Å². The molecular weight excluding hydrogens is 234 g/mol. The fourth-order valence-corrected chi connectivity index (χ4v) is 1.37. The highest BCUT2D eigenvalue weighted by atomic mass is 16.5. The van der Waals surface area contributed by atoms with Gasteiger partial charge in [0.2, 0.25) is 0 Å². The maximum atomic E-state index is 11.8. The van der Waals surface area contributed by atoms with Crippen molar-refractivity contribution in [2.45, 2.75) is 47.1 Å². The topological polar surface area (TPSA) is 64.6 Å². The largest absolute Gasteiger partial charge is 0.466 e. The predicted molar refractivity (Wildman–Crippen MR) is 69.1 cm³/mol. The maximum Gasteiger partial charge on any atom is 0.313 e. The second-order valence-corrected chi connectivity index (χ2v) is 4.67. The van der Waals surface area contributed by atoms with Crippen LogP contribution >= 0.6 is 0 Å². The Hall–Kier alpha value is -1.10. The molecule has 0 radical (unpaired) electrons. The molecule has 1 N–H and O–H groups in total. The molecule has 0 amide bonds. The van der Waals surface area contributed by atoms with Crippen molar-refractivity contribution in [3.8, 4) is 0 Å². The summed E-state index contributed by atoms with van der Waals surface area (Å²) in [5, 5.41) is 3.15. The minimum Gasteiger partial charge on any atom is -0.466 e. The van der Waals surface area contributed by atoms with Crippen LogP contribution in [0.5, 0.6) is 0 Å². The van der Waals surface area contributed by atoms with Gasteiger partial charge in [-0.3, -0.25) is 9.59 Å². The Labute approximate surface area is 109 Å². The number of ether oxygens (including phenoxy) is 2. The second kappa shape index (κ2) is 8.08. The van der Waals surface area contributed by atoms with Gasteiger partial charge in [0.05, 0.1) is 25.0 Å². The molecule has 1 atom stereocenters. The van der Waals surface area contributed by atoms with Gasteiger partial charge in [0.1, 0.15) is 0 Å². The summed E-state index contributed by atoms with van der Waals surface area (Å²) in [5.41, 5.74) is -0.620. The third-order valence-electron chi connectivity index (χ3n) is 2.97. The van der Waals surface area contributed by atoms with E-state index in [0.29, 0.717) is 26.2 Å². The maximum absolute atomic E-state index is 11.8. The summed E-state index contributed by atoms with van der Waals surface area (Å²) in [6, 6.07) is -0.0778. The minimum atomic E-state index is -0.620. The summed E-state index contributed by atoms with van der Waals surface area (Å²) in [4.78, 5) is 22.9. The van der Waals surface area contributed by atoms with E-state index >= 15 is 0 Å². The van der Waals surface area contributed by atoms with Crippen LogP contribution in [0.2, 0.25) is 0 Å². The van der Waals surface area contributed by atoms with Crippen molar-refractivity contribution in [3.63, 3.8) is 0 Å². The Balaban J connectivity index is 4.11. The number of carbonyl (C=O) groups excluding carboxylic acids is 2. The van der Waals surface area contributed by atoms with Crippen LogP contribution in [0.3, 0.4) is 0 Å². The summed E-state index contributed by atoms with van der Waals surface area (Å²) in [6.45, 7) is 10.4.